The quantitative estimate of drug-likeness (QED) is 0.838. The molecule has 1 unspecified atom stereocenters. The maximum absolute atomic E-state index is 9.12. The van der Waals surface area contributed by atoms with Crippen molar-refractivity contribution in [1.82, 2.24) is 0 Å². The summed E-state index contributed by atoms with van der Waals surface area (Å²) in [5.74, 6) is 0. The lowest BCUT2D eigenvalue weighted by Crippen LogP contribution is -2.24. The Morgan fingerprint density at radius 1 is 1.36 bits per heavy atom. The predicted octanol–water partition coefficient (Wildman–Crippen LogP) is 1.29. The summed E-state index contributed by atoms with van der Waals surface area (Å²) in [5.41, 5.74) is 6.32. The van der Waals surface area contributed by atoms with Crippen molar-refractivity contribution >= 4 is 15.9 Å². The van der Waals surface area contributed by atoms with E-state index in [0.29, 0.717) is 6.61 Å². The van der Waals surface area contributed by atoms with Crippen molar-refractivity contribution in [2.75, 3.05) is 13.2 Å². The minimum Gasteiger partial charge on any atom is -0.389 e. The molecule has 1 atom stereocenters. The monoisotopic (exact) mass is 259 g/mol. The second-order valence-electron chi connectivity index (χ2n) is 3.03. The third kappa shape index (κ3) is 4.19. The Morgan fingerprint density at radius 2 is 2.00 bits per heavy atom. The normalized spacial score (nSPS) is 12.8. The molecule has 0 aliphatic heterocycles. The lowest BCUT2D eigenvalue weighted by atomic mass is 10.2. The van der Waals surface area contributed by atoms with Gasteiger partial charge in [0, 0.05) is 11.0 Å². The van der Waals surface area contributed by atoms with Crippen LogP contribution in [0.5, 0.6) is 0 Å². The Bertz CT molecular complexity index is 263. The van der Waals surface area contributed by atoms with Crippen LogP contribution in [0.15, 0.2) is 28.7 Å². The third-order valence-corrected chi connectivity index (χ3v) is 2.29. The van der Waals surface area contributed by atoms with Gasteiger partial charge in [0.05, 0.1) is 19.3 Å². The molecule has 3 nitrogen and oxygen atoms in total. The molecule has 1 rings (SSSR count). The van der Waals surface area contributed by atoms with E-state index < -0.39 is 6.10 Å². The maximum Gasteiger partial charge on any atom is 0.0895 e. The van der Waals surface area contributed by atoms with Crippen LogP contribution in [0.25, 0.3) is 0 Å². The van der Waals surface area contributed by atoms with Gasteiger partial charge in [-0.1, -0.05) is 28.1 Å². The molecule has 0 aliphatic rings. The number of aliphatic hydroxyl groups is 1. The van der Waals surface area contributed by atoms with Crippen LogP contribution in [0.3, 0.4) is 0 Å². The Hall–Kier alpha value is -0.420. The van der Waals surface area contributed by atoms with Crippen LogP contribution >= 0.6 is 15.9 Å². The van der Waals surface area contributed by atoms with Crippen LogP contribution in [0.4, 0.5) is 0 Å². The average Bonchev–Trinajstić information content (AvgIpc) is 2.21. The Kier molecular flexibility index (Phi) is 5.11. The van der Waals surface area contributed by atoms with Crippen molar-refractivity contribution in [3.63, 3.8) is 0 Å². The summed E-state index contributed by atoms with van der Waals surface area (Å²) >= 11 is 3.35. The Morgan fingerprint density at radius 3 is 2.57 bits per heavy atom. The summed E-state index contributed by atoms with van der Waals surface area (Å²) < 4.78 is 6.31. The van der Waals surface area contributed by atoms with Gasteiger partial charge in [-0.25, -0.2) is 0 Å². The molecule has 1 aromatic carbocycles. The fourth-order valence-electron chi connectivity index (χ4n) is 0.961. The van der Waals surface area contributed by atoms with Gasteiger partial charge in [-0.2, -0.15) is 0 Å². The first kappa shape index (κ1) is 11.7. The van der Waals surface area contributed by atoms with Crippen LogP contribution in [0, 0.1) is 0 Å². The highest BCUT2D eigenvalue weighted by atomic mass is 79.9. The first-order valence-electron chi connectivity index (χ1n) is 4.42. The topological polar surface area (TPSA) is 55.5 Å². The van der Waals surface area contributed by atoms with Crippen molar-refractivity contribution < 1.29 is 9.84 Å². The van der Waals surface area contributed by atoms with Gasteiger partial charge in [0.25, 0.3) is 0 Å². The molecule has 0 amide bonds. The van der Waals surface area contributed by atoms with Crippen LogP contribution in [0.2, 0.25) is 0 Å². The molecular weight excluding hydrogens is 246 g/mol. The molecule has 14 heavy (non-hydrogen) atoms. The van der Waals surface area contributed by atoms with Crippen molar-refractivity contribution in [3.8, 4) is 0 Å². The van der Waals surface area contributed by atoms with E-state index in [2.05, 4.69) is 15.9 Å². The molecule has 0 saturated carbocycles. The summed E-state index contributed by atoms with van der Waals surface area (Å²) in [6.45, 7) is 1.03. The first-order valence-corrected chi connectivity index (χ1v) is 5.22. The van der Waals surface area contributed by atoms with E-state index in [9.17, 15) is 0 Å². The van der Waals surface area contributed by atoms with Crippen molar-refractivity contribution in [2.45, 2.75) is 12.7 Å². The highest BCUT2D eigenvalue weighted by Crippen LogP contribution is 2.11. The summed E-state index contributed by atoms with van der Waals surface area (Å²) in [6, 6.07) is 7.86. The molecule has 0 fully saturated rings. The fraction of sp³-hybridized carbons (Fsp3) is 0.400. The molecular formula is C10H14BrNO2. The number of hydrogen-bond donors (Lipinski definition) is 2. The van der Waals surface area contributed by atoms with E-state index in [-0.39, 0.29) is 13.2 Å². The zero-order valence-corrected chi connectivity index (χ0v) is 9.40. The van der Waals surface area contributed by atoms with Crippen LogP contribution < -0.4 is 5.73 Å². The van der Waals surface area contributed by atoms with Crippen LogP contribution in [0.1, 0.15) is 5.56 Å². The zero-order chi connectivity index (χ0) is 10.4. The largest absolute Gasteiger partial charge is 0.389 e. The number of halogens is 1. The number of ether oxygens (including phenoxy) is 1. The second kappa shape index (κ2) is 6.14. The average molecular weight is 260 g/mol. The van der Waals surface area contributed by atoms with E-state index in [1.807, 2.05) is 24.3 Å². The molecule has 4 heteroatoms. The summed E-state index contributed by atoms with van der Waals surface area (Å²) in [4.78, 5) is 0. The van der Waals surface area contributed by atoms with Gasteiger partial charge >= 0.3 is 0 Å². The fourth-order valence-corrected chi connectivity index (χ4v) is 1.23. The molecule has 0 bridgehead atoms. The molecule has 0 aromatic heterocycles. The second-order valence-corrected chi connectivity index (χ2v) is 3.95. The molecule has 0 spiro atoms. The van der Waals surface area contributed by atoms with Gasteiger partial charge in [0.2, 0.25) is 0 Å². The van der Waals surface area contributed by atoms with E-state index in [1.165, 1.54) is 0 Å². The minimum atomic E-state index is -0.564. The number of hydrogen-bond acceptors (Lipinski definition) is 3. The molecule has 0 saturated heterocycles. The van der Waals surface area contributed by atoms with E-state index in [1.54, 1.807) is 0 Å². The van der Waals surface area contributed by atoms with Gasteiger partial charge in [-0.15, -0.1) is 0 Å². The predicted molar refractivity (Wildman–Crippen MR) is 58.9 cm³/mol. The van der Waals surface area contributed by atoms with Gasteiger partial charge < -0.3 is 15.6 Å². The SMILES string of the molecule is NCC(O)COCc1ccc(Br)cc1. The minimum absolute atomic E-state index is 0.236. The number of aliphatic hydroxyl groups excluding tert-OH is 1. The molecule has 0 aliphatic carbocycles. The standard InChI is InChI=1S/C10H14BrNO2/c11-9-3-1-8(2-4-9)6-14-7-10(13)5-12/h1-4,10,13H,5-7,12H2. The van der Waals surface area contributed by atoms with Crippen LogP contribution in [-0.2, 0) is 11.3 Å². The molecule has 78 valence electrons. The maximum atomic E-state index is 9.12. The summed E-state index contributed by atoms with van der Waals surface area (Å²) in [5, 5.41) is 9.12. The smallest absolute Gasteiger partial charge is 0.0895 e. The summed E-state index contributed by atoms with van der Waals surface area (Å²) in [6.07, 6.45) is -0.564. The molecule has 0 radical (unpaired) electrons. The molecule has 1 aromatic rings. The van der Waals surface area contributed by atoms with Gasteiger partial charge in [0.1, 0.15) is 0 Å². The highest BCUT2D eigenvalue weighted by molar-refractivity contribution is 9.10. The lowest BCUT2D eigenvalue weighted by Gasteiger charge is -2.08. The number of rotatable bonds is 5. The van der Waals surface area contributed by atoms with Crippen molar-refractivity contribution in [2.24, 2.45) is 5.73 Å². The highest BCUT2D eigenvalue weighted by Gasteiger charge is 2.00. The van der Waals surface area contributed by atoms with Gasteiger partial charge in [-0.3, -0.25) is 0 Å². The Balaban J connectivity index is 2.28. The van der Waals surface area contributed by atoms with Gasteiger partial charge in [-0.05, 0) is 17.7 Å². The number of nitrogens with two attached hydrogens (primary N) is 1. The van der Waals surface area contributed by atoms with E-state index in [0.717, 1.165) is 10.0 Å². The van der Waals surface area contributed by atoms with Gasteiger partial charge in [0.15, 0.2) is 0 Å². The zero-order valence-electron chi connectivity index (χ0n) is 7.82. The van der Waals surface area contributed by atoms with E-state index >= 15 is 0 Å². The molecule has 3 N–H and O–H groups in total. The first-order chi connectivity index (χ1) is 6.72. The Labute approximate surface area is 92.0 Å². The van der Waals surface area contributed by atoms with E-state index in [4.69, 9.17) is 15.6 Å². The van der Waals surface area contributed by atoms with Crippen molar-refractivity contribution in [1.29, 1.82) is 0 Å². The van der Waals surface area contributed by atoms with Crippen LogP contribution in [-0.4, -0.2) is 24.4 Å². The number of benzene rings is 1. The third-order valence-electron chi connectivity index (χ3n) is 1.76. The lowest BCUT2D eigenvalue weighted by molar-refractivity contribution is 0.0329. The molecule has 0 heterocycles. The summed E-state index contributed by atoms with van der Waals surface area (Å²) in [7, 11) is 0. The van der Waals surface area contributed by atoms with Crippen molar-refractivity contribution in [3.05, 3.63) is 34.3 Å².